The van der Waals surface area contributed by atoms with Crippen LogP contribution >= 0.6 is 23.8 Å². The number of nitrogens with one attached hydrogen (secondary N) is 2. The molecular formula is C24H26ClN3O2S. The zero-order valence-corrected chi connectivity index (χ0v) is 19.1. The van der Waals surface area contributed by atoms with E-state index in [1.807, 2.05) is 47.4 Å². The number of aromatic nitrogens is 1. The number of rotatable bonds is 6. The Morgan fingerprint density at radius 2 is 2.16 bits per heavy atom. The molecule has 0 saturated carbocycles. The average molecular weight is 456 g/mol. The summed E-state index contributed by atoms with van der Waals surface area (Å²) in [5, 5.41) is 5.46. The van der Waals surface area contributed by atoms with Crippen molar-refractivity contribution in [3.8, 4) is 0 Å². The van der Waals surface area contributed by atoms with E-state index in [1.54, 1.807) is 0 Å². The summed E-state index contributed by atoms with van der Waals surface area (Å²) in [5.41, 5.74) is 3.47. The molecule has 3 aromatic rings. The minimum Gasteiger partial charge on any atom is -0.376 e. The van der Waals surface area contributed by atoms with Crippen molar-refractivity contribution in [3.63, 3.8) is 0 Å². The number of aryl methyl sites for hydroxylation is 1. The van der Waals surface area contributed by atoms with Gasteiger partial charge in [-0.3, -0.25) is 4.79 Å². The van der Waals surface area contributed by atoms with Crippen LogP contribution in [0.15, 0.2) is 53.3 Å². The number of H-pyrrole nitrogens is 1. The normalized spacial score (nSPS) is 15.9. The van der Waals surface area contributed by atoms with E-state index >= 15 is 0 Å². The molecule has 0 bridgehead atoms. The zero-order valence-electron chi connectivity index (χ0n) is 17.5. The molecule has 1 aromatic heterocycles. The Balaban J connectivity index is 1.61. The van der Waals surface area contributed by atoms with Crippen LogP contribution in [0.25, 0.3) is 10.9 Å². The summed E-state index contributed by atoms with van der Waals surface area (Å²) < 4.78 is 5.84. The van der Waals surface area contributed by atoms with Gasteiger partial charge >= 0.3 is 0 Å². The fraction of sp³-hybridized carbons (Fsp3) is 0.333. The maximum absolute atomic E-state index is 12.8. The van der Waals surface area contributed by atoms with Crippen LogP contribution in [0.4, 0.5) is 5.69 Å². The summed E-state index contributed by atoms with van der Waals surface area (Å²) >= 11 is 11.8. The molecule has 0 unspecified atom stereocenters. The van der Waals surface area contributed by atoms with E-state index in [2.05, 4.69) is 23.3 Å². The highest BCUT2D eigenvalue weighted by Crippen LogP contribution is 2.20. The van der Waals surface area contributed by atoms with Crippen LogP contribution in [0.3, 0.4) is 0 Å². The maximum Gasteiger partial charge on any atom is 0.253 e. The molecule has 0 aliphatic carbocycles. The van der Waals surface area contributed by atoms with E-state index in [-0.39, 0.29) is 11.7 Å². The number of aromatic amines is 1. The highest BCUT2D eigenvalue weighted by Gasteiger charge is 2.22. The van der Waals surface area contributed by atoms with E-state index < -0.39 is 0 Å². The van der Waals surface area contributed by atoms with Crippen molar-refractivity contribution in [1.82, 2.24) is 9.88 Å². The molecule has 0 radical (unpaired) electrons. The van der Waals surface area contributed by atoms with Crippen LogP contribution in [0, 0.1) is 0 Å². The third-order valence-corrected chi connectivity index (χ3v) is 6.16. The van der Waals surface area contributed by atoms with Crippen LogP contribution in [-0.2, 0) is 17.7 Å². The fourth-order valence-electron chi connectivity index (χ4n) is 3.87. The second-order valence-electron chi connectivity index (χ2n) is 7.85. The molecule has 7 heteroatoms. The molecule has 162 valence electrons. The number of benzene rings is 2. The smallest absolute Gasteiger partial charge is 0.253 e. The van der Waals surface area contributed by atoms with Gasteiger partial charge in [0.1, 0.15) is 0 Å². The first-order valence-electron chi connectivity index (χ1n) is 10.6. The lowest BCUT2D eigenvalue weighted by Gasteiger charge is -2.28. The third kappa shape index (κ3) is 5.45. The predicted molar refractivity (Wildman–Crippen MR) is 131 cm³/mol. The molecule has 2 aromatic carbocycles. The van der Waals surface area contributed by atoms with Gasteiger partial charge in [0.05, 0.1) is 12.6 Å². The van der Waals surface area contributed by atoms with Crippen LogP contribution in [0.2, 0.25) is 5.02 Å². The second-order valence-corrected chi connectivity index (χ2v) is 8.68. The molecular weight excluding hydrogens is 430 g/mol. The quantitative estimate of drug-likeness (QED) is 0.505. The zero-order chi connectivity index (χ0) is 21.8. The SMILES string of the molecule is CCc1ccc2[nH]c(=O)c(CN(C[C@@H]3CCCO3)C(=S)Nc3cccc(Cl)c3)cc2c1. The van der Waals surface area contributed by atoms with Crippen molar-refractivity contribution >= 4 is 45.5 Å². The molecule has 5 nitrogen and oxygen atoms in total. The van der Waals surface area contributed by atoms with Gasteiger partial charge in [-0.1, -0.05) is 30.7 Å². The number of hydrogen-bond acceptors (Lipinski definition) is 3. The summed E-state index contributed by atoms with van der Waals surface area (Å²) in [5.74, 6) is 0. The van der Waals surface area contributed by atoms with Crippen molar-refractivity contribution in [1.29, 1.82) is 0 Å². The number of pyridine rings is 1. The number of anilines is 1. The highest BCUT2D eigenvalue weighted by molar-refractivity contribution is 7.80. The monoisotopic (exact) mass is 455 g/mol. The Morgan fingerprint density at radius 3 is 2.90 bits per heavy atom. The van der Waals surface area contributed by atoms with Crippen LogP contribution in [0.5, 0.6) is 0 Å². The molecule has 1 atom stereocenters. The molecule has 1 aliphatic heterocycles. The molecule has 0 amide bonds. The van der Waals surface area contributed by atoms with Crippen LogP contribution in [0.1, 0.15) is 30.9 Å². The van der Waals surface area contributed by atoms with Gasteiger partial charge < -0.3 is 19.9 Å². The van der Waals surface area contributed by atoms with E-state index in [4.69, 9.17) is 28.6 Å². The van der Waals surface area contributed by atoms with Crippen molar-refractivity contribution in [3.05, 3.63) is 75.0 Å². The summed E-state index contributed by atoms with van der Waals surface area (Å²) in [6, 6.07) is 15.5. The predicted octanol–water partition coefficient (Wildman–Crippen LogP) is 5.12. The first-order chi connectivity index (χ1) is 15.0. The lowest BCUT2D eigenvalue weighted by atomic mass is 10.1. The molecule has 31 heavy (non-hydrogen) atoms. The second kappa shape index (κ2) is 9.81. The number of nitrogens with zero attached hydrogens (tertiary/aromatic N) is 1. The largest absolute Gasteiger partial charge is 0.376 e. The molecule has 2 N–H and O–H groups in total. The lowest BCUT2D eigenvalue weighted by molar-refractivity contribution is 0.0904. The highest BCUT2D eigenvalue weighted by atomic mass is 35.5. The van der Waals surface area contributed by atoms with Crippen molar-refractivity contribution < 1.29 is 4.74 Å². The van der Waals surface area contributed by atoms with E-state index in [0.717, 1.165) is 42.5 Å². The number of fused-ring (bicyclic) bond motifs is 1. The third-order valence-electron chi connectivity index (χ3n) is 5.57. The molecule has 1 saturated heterocycles. The van der Waals surface area contributed by atoms with Crippen molar-refractivity contribution in [2.24, 2.45) is 0 Å². The molecule has 4 rings (SSSR count). The lowest BCUT2D eigenvalue weighted by Crippen LogP contribution is -2.40. The van der Waals surface area contributed by atoms with Gasteiger partial charge in [-0.15, -0.1) is 0 Å². The number of ether oxygens (including phenoxy) is 1. The van der Waals surface area contributed by atoms with Crippen molar-refractivity contribution in [2.75, 3.05) is 18.5 Å². The summed E-state index contributed by atoms with van der Waals surface area (Å²) in [4.78, 5) is 17.8. The standard InChI is InChI=1S/C24H26ClN3O2S/c1-2-16-8-9-22-17(11-16)12-18(23(29)27-22)14-28(15-21-7-4-10-30-21)24(31)26-20-6-3-5-19(25)13-20/h3,5-6,8-9,11-13,21H,2,4,7,10,14-15H2,1H3,(H,26,31)(H,27,29)/t21-/m0/s1. The summed E-state index contributed by atoms with van der Waals surface area (Å²) in [7, 11) is 0. The van der Waals surface area contributed by atoms with Gasteiger partial charge in [-0.25, -0.2) is 0 Å². The Morgan fingerprint density at radius 1 is 1.29 bits per heavy atom. The minimum atomic E-state index is -0.0976. The fourth-order valence-corrected chi connectivity index (χ4v) is 4.31. The Hall–Kier alpha value is -2.41. The van der Waals surface area contributed by atoms with Gasteiger partial charge in [0.15, 0.2) is 5.11 Å². The van der Waals surface area contributed by atoms with Crippen LogP contribution in [-0.4, -0.2) is 34.3 Å². The number of halogens is 1. The van der Waals surface area contributed by atoms with Gasteiger partial charge in [-0.2, -0.15) is 0 Å². The Labute approximate surface area is 192 Å². The molecule has 2 heterocycles. The minimum absolute atomic E-state index is 0.0976. The summed E-state index contributed by atoms with van der Waals surface area (Å²) in [6.45, 7) is 3.91. The topological polar surface area (TPSA) is 57.4 Å². The number of hydrogen-bond donors (Lipinski definition) is 2. The Kier molecular flexibility index (Phi) is 6.90. The average Bonchev–Trinajstić information content (AvgIpc) is 3.26. The van der Waals surface area contributed by atoms with E-state index in [0.29, 0.717) is 28.8 Å². The molecule has 1 fully saturated rings. The van der Waals surface area contributed by atoms with Gasteiger partial charge in [0.2, 0.25) is 0 Å². The molecule has 0 spiro atoms. The first kappa shape index (κ1) is 21.8. The van der Waals surface area contributed by atoms with Crippen LogP contribution < -0.4 is 10.9 Å². The van der Waals surface area contributed by atoms with Gasteiger partial charge in [-0.05, 0) is 78.8 Å². The Bertz CT molecular complexity index is 1140. The van der Waals surface area contributed by atoms with E-state index in [1.165, 1.54) is 5.56 Å². The van der Waals surface area contributed by atoms with E-state index in [9.17, 15) is 4.79 Å². The van der Waals surface area contributed by atoms with Gasteiger partial charge in [0, 0.05) is 34.9 Å². The molecule has 1 aliphatic rings. The van der Waals surface area contributed by atoms with Gasteiger partial charge in [0.25, 0.3) is 5.56 Å². The first-order valence-corrected chi connectivity index (χ1v) is 11.4. The number of thiocarbonyl (C=S) groups is 1. The van der Waals surface area contributed by atoms with Crippen molar-refractivity contribution in [2.45, 2.75) is 38.8 Å². The maximum atomic E-state index is 12.8. The summed E-state index contributed by atoms with van der Waals surface area (Å²) in [6.07, 6.45) is 3.09.